The first-order valence-corrected chi connectivity index (χ1v) is 10.2. The van der Waals surface area contributed by atoms with Gasteiger partial charge >= 0.3 is 6.09 Å². The minimum Gasteiger partial charge on any atom is -0.410 e. The van der Waals surface area contributed by atoms with Gasteiger partial charge in [0, 0.05) is 63.4 Å². The Bertz CT molecular complexity index is 968. The van der Waals surface area contributed by atoms with Crippen LogP contribution in [0.1, 0.15) is 22.4 Å². The summed E-state index contributed by atoms with van der Waals surface area (Å²) < 4.78 is 5.58. The highest BCUT2D eigenvalue weighted by atomic mass is 16.6. The largest absolute Gasteiger partial charge is 0.415 e. The van der Waals surface area contributed by atoms with Crippen LogP contribution in [0.2, 0.25) is 0 Å². The highest BCUT2D eigenvalue weighted by Gasteiger charge is 2.22. The van der Waals surface area contributed by atoms with E-state index in [2.05, 4.69) is 33.9 Å². The standard InChI is InChI=1S/C24H26N4O2/c1-19-4-2-11-26-23(19)16-20-6-8-22(9-7-20)30-24(29)28-14-12-27(13-15-28)18-21-5-3-10-25-17-21/h2-11,17H,12-16,18H2,1H3. The van der Waals surface area contributed by atoms with Gasteiger partial charge in [0.25, 0.3) is 0 Å². The van der Waals surface area contributed by atoms with Crippen LogP contribution in [0, 0.1) is 6.92 Å². The summed E-state index contributed by atoms with van der Waals surface area (Å²) in [6.45, 7) is 5.90. The Morgan fingerprint density at radius 2 is 1.73 bits per heavy atom. The number of ether oxygens (including phenoxy) is 1. The van der Waals surface area contributed by atoms with Gasteiger partial charge in [-0.3, -0.25) is 14.9 Å². The molecule has 2 aromatic heterocycles. The van der Waals surface area contributed by atoms with E-state index in [4.69, 9.17) is 4.74 Å². The van der Waals surface area contributed by atoms with Crippen molar-refractivity contribution in [2.24, 2.45) is 0 Å². The summed E-state index contributed by atoms with van der Waals surface area (Å²) >= 11 is 0. The van der Waals surface area contributed by atoms with E-state index in [0.717, 1.165) is 37.3 Å². The van der Waals surface area contributed by atoms with E-state index in [-0.39, 0.29) is 6.09 Å². The molecule has 1 fully saturated rings. The summed E-state index contributed by atoms with van der Waals surface area (Å²) in [6.07, 6.45) is 5.96. The van der Waals surface area contributed by atoms with Gasteiger partial charge in [-0.15, -0.1) is 0 Å². The number of carbonyl (C=O) groups excluding carboxylic acids is 1. The first kappa shape index (κ1) is 20.0. The molecular weight excluding hydrogens is 376 g/mol. The fraction of sp³-hybridized carbons (Fsp3) is 0.292. The fourth-order valence-electron chi connectivity index (χ4n) is 3.58. The first-order valence-electron chi connectivity index (χ1n) is 10.2. The van der Waals surface area contributed by atoms with Crippen LogP contribution < -0.4 is 4.74 Å². The van der Waals surface area contributed by atoms with Crippen LogP contribution in [0.25, 0.3) is 0 Å². The second kappa shape index (κ2) is 9.50. The summed E-state index contributed by atoms with van der Waals surface area (Å²) in [6, 6.07) is 15.7. The number of piperazine rings is 1. The van der Waals surface area contributed by atoms with Gasteiger partial charge in [-0.1, -0.05) is 24.3 Å². The van der Waals surface area contributed by atoms with E-state index in [0.29, 0.717) is 18.8 Å². The summed E-state index contributed by atoms with van der Waals surface area (Å²) in [4.78, 5) is 25.2. The van der Waals surface area contributed by atoms with Crippen molar-refractivity contribution in [1.82, 2.24) is 19.8 Å². The molecule has 6 nitrogen and oxygen atoms in total. The highest BCUT2D eigenvalue weighted by molar-refractivity contribution is 5.70. The molecular formula is C24H26N4O2. The van der Waals surface area contributed by atoms with E-state index >= 15 is 0 Å². The molecule has 6 heteroatoms. The molecule has 4 rings (SSSR count). The third kappa shape index (κ3) is 5.21. The maximum atomic E-state index is 12.5. The molecule has 3 heterocycles. The zero-order valence-corrected chi connectivity index (χ0v) is 17.2. The molecule has 1 aromatic carbocycles. The van der Waals surface area contributed by atoms with Gasteiger partial charge in [0.15, 0.2) is 0 Å². The maximum absolute atomic E-state index is 12.5. The third-order valence-electron chi connectivity index (χ3n) is 5.38. The van der Waals surface area contributed by atoms with Crippen LogP contribution in [-0.2, 0) is 13.0 Å². The molecule has 154 valence electrons. The average Bonchev–Trinajstić information content (AvgIpc) is 2.78. The average molecular weight is 402 g/mol. The van der Waals surface area contributed by atoms with Crippen molar-refractivity contribution >= 4 is 6.09 Å². The molecule has 1 saturated heterocycles. The van der Waals surface area contributed by atoms with Gasteiger partial charge in [-0.05, 0) is 47.9 Å². The molecule has 0 N–H and O–H groups in total. The predicted molar refractivity (Wildman–Crippen MR) is 115 cm³/mol. The van der Waals surface area contributed by atoms with E-state index in [1.807, 2.05) is 48.8 Å². The lowest BCUT2D eigenvalue weighted by molar-refractivity contribution is 0.108. The van der Waals surface area contributed by atoms with Crippen molar-refractivity contribution in [1.29, 1.82) is 0 Å². The maximum Gasteiger partial charge on any atom is 0.415 e. The molecule has 0 aliphatic carbocycles. The number of benzene rings is 1. The van der Waals surface area contributed by atoms with Crippen molar-refractivity contribution in [2.45, 2.75) is 19.9 Å². The van der Waals surface area contributed by atoms with Crippen molar-refractivity contribution in [3.8, 4) is 5.75 Å². The number of hydrogen-bond acceptors (Lipinski definition) is 5. The minimum absolute atomic E-state index is 0.288. The SMILES string of the molecule is Cc1cccnc1Cc1ccc(OC(=O)N2CCN(Cc3cccnc3)CC2)cc1. The van der Waals surface area contributed by atoms with Crippen LogP contribution in [-0.4, -0.2) is 52.0 Å². The van der Waals surface area contributed by atoms with Crippen molar-refractivity contribution < 1.29 is 9.53 Å². The van der Waals surface area contributed by atoms with E-state index in [1.54, 1.807) is 11.1 Å². The monoisotopic (exact) mass is 402 g/mol. The quantitative estimate of drug-likeness (QED) is 0.651. The summed E-state index contributed by atoms with van der Waals surface area (Å²) in [7, 11) is 0. The van der Waals surface area contributed by atoms with Crippen LogP contribution in [0.3, 0.4) is 0 Å². The van der Waals surface area contributed by atoms with E-state index < -0.39 is 0 Å². The fourth-order valence-corrected chi connectivity index (χ4v) is 3.58. The number of pyridine rings is 2. The number of rotatable bonds is 5. The number of aromatic nitrogens is 2. The lowest BCUT2D eigenvalue weighted by atomic mass is 10.1. The van der Waals surface area contributed by atoms with E-state index in [9.17, 15) is 4.79 Å². The third-order valence-corrected chi connectivity index (χ3v) is 5.38. The van der Waals surface area contributed by atoms with Gasteiger partial charge in [-0.25, -0.2) is 4.79 Å². The molecule has 0 radical (unpaired) electrons. The summed E-state index contributed by atoms with van der Waals surface area (Å²) in [5, 5.41) is 0. The molecule has 0 spiro atoms. The van der Waals surface area contributed by atoms with Crippen LogP contribution >= 0.6 is 0 Å². The van der Waals surface area contributed by atoms with Gasteiger partial charge in [0.1, 0.15) is 5.75 Å². The number of carbonyl (C=O) groups is 1. The lowest BCUT2D eigenvalue weighted by Crippen LogP contribution is -2.49. The van der Waals surface area contributed by atoms with Gasteiger partial charge in [-0.2, -0.15) is 0 Å². The Balaban J connectivity index is 1.26. The van der Waals surface area contributed by atoms with Crippen LogP contribution in [0.5, 0.6) is 5.75 Å². The normalized spacial score (nSPS) is 14.5. The molecule has 0 bridgehead atoms. The molecule has 1 aliphatic rings. The zero-order chi connectivity index (χ0) is 20.8. The Morgan fingerprint density at radius 1 is 0.967 bits per heavy atom. The second-order valence-electron chi connectivity index (χ2n) is 7.58. The number of amides is 1. The Hall–Kier alpha value is -3.25. The molecule has 0 saturated carbocycles. The van der Waals surface area contributed by atoms with Crippen LogP contribution in [0.4, 0.5) is 4.79 Å². The van der Waals surface area contributed by atoms with Gasteiger partial charge in [0.2, 0.25) is 0 Å². The minimum atomic E-state index is -0.288. The summed E-state index contributed by atoms with van der Waals surface area (Å²) in [5.74, 6) is 0.569. The van der Waals surface area contributed by atoms with E-state index in [1.165, 1.54) is 11.1 Å². The molecule has 1 amide bonds. The first-order chi connectivity index (χ1) is 14.7. The molecule has 1 aliphatic heterocycles. The lowest BCUT2D eigenvalue weighted by Gasteiger charge is -2.33. The van der Waals surface area contributed by atoms with Gasteiger partial charge in [0.05, 0.1) is 0 Å². The zero-order valence-electron chi connectivity index (χ0n) is 17.2. The van der Waals surface area contributed by atoms with Crippen molar-refractivity contribution in [3.05, 3.63) is 89.5 Å². The number of hydrogen-bond donors (Lipinski definition) is 0. The number of aryl methyl sites for hydroxylation is 1. The number of nitrogens with zero attached hydrogens (tertiary/aromatic N) is 4. The molecule has 30 heavy (non-hydrogen) atoms. The summed E-state index contributed by atoms with van der Waals surface area (Å²) in [5.41, 5.74) is 4.57. The molecule has 0 atom stereocenters. The Kier molecular flexibility index (Phi) is 6.35. The Morgan fingerprint density at radius 3 is 2.43 bits per heavy atom. The second-order valence-corrected chi connectivity index (χ2v) is 7.58. The smallest absolute Gasteiger partial charge is 0.410 e. The van der Waals surface area contributed by atoms with Crippen LogP contribution in [0.15, 0.2) is 67.1 Å². The van der Waals surface area contributed by atoms with Crippen molar-refractivity contribution in [2.75, 3.05) is 26.2 Å². The Labute approximate surface area is 177 Å². The van der Waals surface area contributed by atoms with Crippen molar-refractivity contribution in [3.63, 3.8) is 0 Å². The molecule has 0 unspecified atom stereocenters. The van der Waals surface area contributed by atoms with Gasteiger partial charge < -0.3 is 9.64 Å². The highest BCUT2D eigenvalue weighted by Crippen LogP contribution is 2.17. The predicted octanol–water partition coefficient (Wildman–Crippen LogP) is 3.69. The topological polar surface area (TPSA) is 58.6 Å². The molecule has 3 aromatic rings.